The highest BCUT2D eigenvalue weighted by Crippen LogP contribution is 2.08. The molecular weight excluding hydrogens is 184 g/mol. The molecule has 0 amide bonds. The van der Waals surface area contributed by atoms with Gasteiger partial charge in [-0.2, -0.15) is 0 Å². The van der Waals surface area contributed by atoms with E-state index in [2.05, 4.69) is 0 Å². The van der Waals surface area contributed by atoms with Crippen molar-refractivity contribution >= 4 is 23.2 Å². The summed E-state index contributed by atoms with van der Waals surface area (Å²) < 4.78 is 0. The average molecular weight is 193 g/mol. The molecule has 0 saturated heterocycles. The van der Waals surface area contributed by atoms with Crippen LogP contribution in [-0.4, -0.2) is 0 Å². The molecule has 2 heteroatoms. The van der Waals surface area contributed by atoms with Gasteiger partial charge in [0.25, 0.3) is 0 Å². The van der Waals surface area contributed by atoms with Crippen molar-refractivity contribution in [2.75, 3.05) is 0 Å². The van der Waals surface area contributed by atoms with Crippen molar-refractivity contribution in [3.05, 3.63) is 58.8 Å². The number of fused-ring (bicyclic) bond motifs is 1. The lowest BCUT2D eigenvalue weighted by Crippen LogP contribution is -1.88. The van der Waals surface area contributed by atoms with Gasteiger partial charge in [-0.25, -0.2) is 0 Å². The highest BCUT2D eigenvalue weighted by Gasteiger charge is 1.87. The normalized spacial score (nSPS) is 9.23. The predicted molar refractivity (Wildman–Crippen MR) is 57.5 cm³/mol. The summed E-state index contributed by atoms with van der Waals surface area (Å²) in [5, 5.41) is 2.09. The van der Waals surface area contributed by atoms with Crippen LogP contribution in [0.3, 0.4) is 0 Å². The van der Waals surface area contributed by atoms with Gasteiger partial charge in [0.05, 0.1) is 0 Å². The zero-order valence-electron chi connectivity index (χ0n) is 6.94. The van der Waals surface area contributed by atoms with Crippen molar-refractivity contribution < 1.29 is 0 Å². The van der Waals surface area contributed by atoms with Crippen molar-refractivity contribution in [1.82, 2.24) is 0 Å². The third kappa shape index (κ3) is 2.07. The lowest BCUT2D eigenvalue weighted by Gasteiger charge is -1.87. The Morgan fingerprint density at radius 3 is 2.15 bits per heavy atom. The lowest BCUT2D eigenvalue weighted by atomic mass is 10.2. The van der Waals surface area contributed by atoms with E-state index in [1.165, 1.54) is 0 Å². The molecule has 13 heavy (non-hydrogen) atoms. The first-order valence-corrected chi connectivity index (χ1v) is 3.85. The van der Waals surface area contributed by atoms with Gasteiger partial charge in [-0.05, 0) is 22.9 Å². The van der Waals surface area contributed by atoms with E-state index < -0.39 is 0 Å². The van der Waals surface area contributed by atoms with Gasteiger partial charge in [-0.15, -0.1) is 12.4 Å². The second-order valence-corrected chi connectivity index (χ2v) is 2.70. The summed E-state index contributed by atoms with van der Waals surface area (Å²) in [6, 6.07) is 14.8. The summed E-state index contributed by atoms with van der Waals surface area (Å²) in [4.78, 5) is 11.1. The van der Waals surface area contributed by atoms with Gasteiger partial charge in [0.2, 0.25) is 0 Å². The molecule has 0 aliphatic rings. The summed E-state index contributed by atoms with van der Waals surface area (Å²) >= 11 is 0. The van der Waals surface area contributed by atoms with Crippen LogP contribution in [0.15, 0.2) is 53.3 Å². The molecule has 0 aromatic heterocycles. The Kier molecular flexibility index (Phi) is 3.04. The van der Waals surface area contributed by atoms with E-state index in [0.717, 1.165) is 10.8 Å². The molecular formula is C11H9ClO. The van der Waals surface area contributed by atoms with Crippen molar-refractivity contribution in [3.63, 3.8) is 0 Å². The maximum atomic E-state index is 11.1. The van der Waals surface area contributed by atoms with E-state index in [1.807, 2.05) is 30.3 Å². The molecule has 0 N–H and O–H groups in total. The average Bonchev–Trinajstić information content (AvgIpc) is 2.25. The van der Waals surface area contributed by atoms with Gasteiger partial charge in [0.15, 0.2) is 5.43 Å². The third-order valence-corrected chi connectivity index (χ3v) is 1.83. The second-order valence-electron chi connectivity index (χ2n) is 2.70. The van der Waals surface area contributed by atoms with Crippen molar-refractivity contribution in [3.8, 4) is 0 Å². The first-order valence-electron chi connectivity index (χ1n) is 3.85. The van der Waals surface area contributed by atoms with Crippen LogP contribution < -0.4 is 5.43 Å². The molecule has 66 valence electrons. The second kappa shape index (κ2) is 4.06. The summed E-state index contributed by atoms with van der Waals surface area (Å²) in [7, 11) is 0. The van der Waals surface area contributed by atoms with Gasteiger partial charge in [-0.3, -0.25) is 4.79 Å². The van der Waals surface area contributed by atoms with E-state index in [-0.39, 0.29) is 17.8 Å². The van der Waals surface area contributed by atoms with Gasteiger partial charge in [0, 0.05) is 0 Å². The Labute approximate surface area is 82.4 Å². The molecule has 0 aliphatic carbocycles. The SMILES string of the molecule is Cl.O=c1cccc2ccccc2c1. The maximum absolute atomic E-state index is 11.1. The molecule has 2 aromatic carbocycles. The molecule has 0 heterocycles. The molecule has 2 aromatic rings. The molecule has 0 unspecified atom stereocenters. The maximum Gasteiger partial charge on any atom is 0.179 e. The predicted octanol–water partition coefficient (Wildman–Crippen LogP) is 2.62. The summed E-state index contributed by atoms with van der Waals surface area (Å²) in [6.45, 7) is 0. The van der Waals surface area contributed by atoms with Crippen LogP contribution in [0, 0.1) is 0 Å². The molecule has 0 radical (unpaired) electrons. The lowest BCUT2D eigenvalue weighted by molar-refractivity contribution is 1.69. The molecule has 0 atom stereocenters. The van der Waals surface area contributed by atoms with Gasteiger partial charge in [0.1, 0.15) is 0 Å². The summed E-state index contributed by atoms with van der Waals surface area (Å²) in [5.74, 6) is 0. The van der Waals surface area contributed by atoms with Gasteiger partial charge in [-0.1, -0.05) is 36.4 Å². The fraction of sp³-hybridized carbons (Fsp3) is 0. The molecule has 0 bridgehead atoms. The largest absolute Gasteiger partial charge is 0.290 e. The highest BCUT2D eigenvalue weighted by molar-refractivity contribution is 5.85. The minimum atomic E-state index is 0. The fourth-order valence-corrected chi connectivity index (χ4v) is 1.24. The monoisotopic (exact) mass is 192 g/mol. The standard InChI is InChI=1S/C11H8O.ClH/c12-11-7-3-6-9-4-1-2-5-10(9)8-11;/h1-8H;1H. The molecule has 0 spiro atoms. The van der Waals surface area contributed by atoms with Crippen LogP contribution in [0.4, 0.5) is 0 Å². The Bertz CT molecular complexity index is 465. The molecule has 1 nitrogen and oxygen atoms in total. The summed E-state index contributed by atoms with van der Waals surface area (Å²) in [6.07, 6.45) is 0. The van der Waals surface area contributed by atoms with Crippen molar-refractivity contribution in [2.24, 2.45) is 0 Å². The van der Waals surface area contributed by atoms with Crippen molar-refractivity contribution in [1.29, 1.82) is 0 Å². The van der Waals surface area contributed by atoms with Crippen LogP contribution in [0.1, 0.15) is 0 Å². The Balaban J connectivity index is 0.000000845. The van der Waals surface area contributed by atoms with Crippen LogP contribution >= 0.6 is 12.4 Å². The molecule has 0 aliphatic heterocycles. The first-order chi connectivity index (χ1) is 5.86. The van der Waals surface area contributed by atoms with E-state index in [4.69, 9.17) is 0 Å². The quantitative estimate of drug-likeness (QED) is 0.627. The smallest absolute Gasteiger partial charge is 0.179 e. The van der Waals surface area contributed by atoms with Crippen LogP contribution in [-0.2, 0) is 0 Å². The Morgan fingerprint density at radius 1 is 0.769 bits per heavy atom. The molecule has 0 fully saturated rings. The van der Waals surface area contributed by atoms with Crippen molar-refractivity contribution in [2.45, 2.75) is 0 Å². The topological polar surface area (TPSA) is 17.1 Å². The van der Waals surface area contributed by atoms with Crippen LogP contribution in [0.25, 0.3) is 10.8 Å². The number of halogens is 1. The van der Waals surface area contributed by atoms with Crippen LogP contribution in [0.2, 0.25) is 0 Å². The van der Waals surface area contributed by atoms with Crippen LogP contribution in [0.5, 0.6) is 0 Å². The fourth-order valence-electron chi connectivity index (χ4n) is 1.24. The first kappa shape index (κ1) is 9.75. The summed E-state index contributed by atoms with van der Waals surface area (Å²) in [5.41, 5.74) is 0.0520. The van der Waals surface area contributed by atoms with Gasteiger partial charge >= 0.3 is 0 Å². The van der Waals surface area contributed by atoms with E-state index in [0.29, 0.717) is 0 Å². The third-order valence-electron chi connectivity index (χ3n) is 1.83. The number of hydrogen-bond donors (Lipinski definition) is 0. The van der Waals surface area contributed by atoms with E-state index in [1.54, 1.807) is 18.2 Å². The minimum Gasteiger partial charge on any atom is -0.290 e. The Hall–Kier alpha value is -1.34. The molecule has 2 rings (SSSR count). The number of benzene rings is 1. The zero-order valence-corrected chi connectivity index (χ0v) is 7.75. The van der Waals surface area contributed by atoms with Gasteiger partial charge < -0.3 is 0 Å². The van der Waals surface area contributed by atoms with E-state index >= 15 is 0 Å². The Morgan fingerprint density at radius 2 is 1.38 bits per heavy atom. The number of rotatable bonds is 0. The zero-order chi connectivity index (χ0) is 8.39. The van der Waals surface area contributed by atoms with E-state index in [9.17, 15) is 4.79 Å². The highest BCUT2D eigenvalue weighted by atomic mass is 35.5. The number of hydrogen-bond acceptors (Lipinski definition) is 1. The minimum absolute atomic E-state index is 0. The molecule has 0 saturated carbocycles.